The Kier molecular flexibility index (Phi) is 3.24. The predicted octanol–water partition coefficient (Wildman–Crippen LogP) is 0.958. The van der Waals surface area contributed by atoms with Crippen LogP contribution < -0.4 is 10.6 Å². The van der Waals surface area contributed by atoms with Gasteiger partial charge >= 0.3 is 11.8 Å². The van der Waals surface area contributed by atoms with Gasteiger partial charge in [-0.2, -0.15) is 13.2 Å². The summed E-state index contributed by atoms with van der Waals surface area (Å²) in [6.07, 6.45) is -5.04. The molecule has 1 atom stereocenters. The minimum absolute atomic E-state index is 0.235. The topological polar surface area (TPSA) is 70.6 Å². The Balaban J connectivity index is 2.50. The highest BCUT2D eigenvalue weighted by atomic mass is 19.4. The Morgan fingerprint density at radius 2 is 1.90 bits per heavy atom. The number of hydrogen-bond donors (Lipinski definition) is 2. The second-order valence-corrected chi connectivity index (χ2v) is 4.17. The van der Waals surface area contributed by atoms with Gasteiger partial charge in [0.25, 0.3) is 5.91 Å². The predicted molar refractivity (Wildman–Crippen MR) is 63.7 cm³/mol. The number of hydrogen-bond acceptors (Lipinski definition) is 3. The lowest BCUT2D eigenvalue weighted by molar-refractivity contribution is -0.196. The van der Waals surface area contributed by atoms with Gasteiger partial charge in [0.2, 0.25) is 5.91 Å². The van der Waals surface area contributed by atoms with Crippen LogP contribution in [-0.4, -0.2) is 29.5 Å². The number of halogens is 3. The monoisotopic (exact) mass is 285 g/mol. The molecule has 1 aliphatic rings. The van der Waals surface area contributed by atoms with Crippen molar-refractivity contribution in [1.29, 1.82) is 0 Å². The van der Waals surface area contributed by atoms with Crippen LogP contribution in [0.1, 0.15) is 12.5 Å². The molecule has 8 heteroatoms. The largest absolute Gasteiger partial charge is 0.442 e. The molecule has 1 aromatic rings. The van der Waals surface area contributed by atoms with Gasteiger partial charge < -0.3 is 10.6 Å². The minimum atomic E-state index is -5.04. The SMILES string of the molecule is CC(=O)N[C@@]1(C(F)(F)F)N=C(c2ccccc2)NC1=O. The fourth-order valence-corrected chi connectivity index (χ4v) is 1.78. The van der Waals surface area contributed by atoms with Crippen molar-refractivity contribution in [2.24, 2.45) is 4.99 Å². The maximum Gasteiger partial charge on any atom is 0.442 e. The molecule has 2 rings (SSSR count). The molecular weight excluding hydrogens is 275 g/mol. The van der Waals surface area contributed by atoms with Gasteiger partial charge in [0.05, 0.1) is 0 Å². The van der Waals surface area contributed by atoms with Gasteiger partial charge in [-0.3, -0.25) is 9.59 Å². The van der Waals surface area contributed by atoms with Crippen LogP contribution in [0, 0.1) is 0 Å². The van der Waals surface area contributed by atoms with E-state index in [2.05, 4.69) is 4.99 Å². The second-order valence-electron chi connectivity index (χ2n) is 4.17. The van der Waals surface area contributed by atoms with Crippen molar-refractivity contribution in [2.45, 2.75) is 18.8 Å². The summed E-state index contributed by atoms with van der Waals surface area (Å²) in [6.45, 7) is 0.886. The molecule has 0 aromatic heterocycles. The number of nitrogens with one attached hydrogen (secondary N) is 2. The van der Waals surface area contributed by atoms with E-state index in [1.54, 1.807) is 23.5 Å². The van der Waals surface area contributed by atoms with E-state index < -0.39 is 23.7 Å². The van der Waals surface area contributed by atoms with Crippen LogP contribution in [0.5, 0.6) is 0 Å². The summed E-state index contributed by atoms with van der Waals surface area (Å²) in [5, 5.41) is 3.63. The standard InChI is InChI=1S/C12H10F3N3O2/c1-7(19)17-11(12(13,14)15)10(20)16-9(18-11)8-5-3-2-4-6-8/h2-6H,1H3,(H,17,19)(H,16,18,20)/t11-/m1/s1. The minimum Gasteiger partial charge on any atom is -0.317 e. The van der Waals surface area contributed by atoms with E-state index in [9.17, 15) is 22.8 Å². The third-order valence-corrected chi connectivity index (χ3v) is 2.65. The highest BCUT2D eigenvalue weighted by Gasteiger charge is 2.64. The van der Waals surface area contributed by atoms with Crippen molar-refractivity contribution in [3.63, 3.8) is 0 Å². The van der Waals surface area contributed by atoms with E-state index in [0.29, 0.717) is 5.56 Å². The lowest BCUT2D eigenvalue weighted by atomic mass is 10.1. The maximum atomic E-state index is 13.1. The van der Waals surface area contributed by atoms with Gasteiger partial charge in [0, 0.05) is 12.5 Å². The molecule has 0 saturated carbocycles. The Labute approximate surface area is 111 Å². The fourth-order valence-electron chi connectivity index (χ4n) is 1.78. The van der Waals surface area contributed by atoms with E-state index >= 15 is 0 Å². The summed E-state index contributed by atoms with van der Waals surface area (Å²) in [6, 6.07) is 7.86. The molecule has 1 aromatic carbocycles. The number of alkyl halides is 3. The number of nitrogens with zero attached hydrogens (tertiary/aromatic N) is 1. The third-order valence-electron chi connectivity index (χ3n) is 2.65. The normalized spacial score (nSPS) is 22.2. The van der Waals surface area contributed by atoms with Gasteiger partial charge in [-0.05, 0) is 0 Å². The van der Waals surface area contributed by atoms with Crippen molar-refractivity contribution in [1.82, 2.24) is 10.6 Å². The molecule has 5 nitrogen and oxygen atoms in total. The van der Waals surface area contributed by atoms with Gasteiger partial charge in [0.15, 0.2) is 0 Å². The lowest BCUT2D eigenvalue weighted by Crippen LogP contribution is -2.62. The van der Waals surface area contributed by atoms with Crippen LogP contribution in [0.4, 0.5) is 13.2 Å². The lowest BCUT2D eigenvalue weighted by Gasteiger charge is -2.26. The molecule has 0 aliphatic carbocycles. The van der Waals surface area contributed by atoms with E-state index in [1.807, 2.05) is 5.32 Å². The Morgan fingerprint density at radius 1 is 1.30 bits per heavy atom. The van der Waals surface area contributed by atoms with Crippen molar-refractivity contribution >= 4 is 17.6 Å². The number of aliphatic imine (C=N–C) groups is 1. The van der Waals surface area contributed by atoms with Gasteiger partial charge in [0.1, 0.15) is 5.84 Å². The molecule has 1 aliphatic heterocycles. The average molecular weight is 285 g/mol. The van der Waals surface area contributed by atoms with E-state index in [0.717, 1.165) is 6.92 Å². The molecule has 2 amide bonds. The molecular formula is C12H10F3N3O2. The Bertz CT molecular complexity index is 583. The number of amidine groups is 1. The molecule has 0 spiro atoms. The first-order valence-corrected chi connectivity index (χ1v) is 5.58. The van der Waals surface area contributed by atoms with Gasteiger partial charge in [-0.15, -0.1) is 0 Å². The zero-order valence-corrected chi connectivity index (χ0v) is 10.3. The first-order valence-electron chi connectivity index (χ1n) is 5.58. The third kappa shape index (κ3) is 2.24. The molecule has 0 unspecified atom stereocenters. The number of rotatable bonds is 2. The second kappa shape index (κ2) is 4.62. The molecule has 0 radical (unpaired) electrons. The first-order chi connectivity index (χ1) is 9.26. The van der Waals surface area contributed by atoms with Crippen molar-refractivity contribution in [3.8, 4) is 0 Å². The molecule has 20 heavy (non-hydrogen) atoms. The molecule has 1 heterocycles. The summed E-state index contributed by atoms with van der Waals surface area (Å²) in [5.74, 6) is -2.67. The van der Waals surface area contributed by atoms with Crippen LogP contribution in [-0.2, 0) is 9.59 Å². The van der Waals surface area contributed by atoms with E-state index in [1.165, 1.54) is 12.1 Å². The quantitative estimate of drug-likeness (QED) is 0.849. The van der Waals surface area contributed by atoms with Crippen LogP contribution >= 0.6 is 0 Å². The molecule has 0 saturated heterocycles. The van der Waals surface area contributed by atoms with Crippen LogP contribution in [0.3, 0.4) is 0 Å². The number of benzene rings is 1. The molecule has 2 N–H and O–H groups in total. The maximum absolute atomic E-state index is 13.1. The zero-order valence-electron chi connectivity index (χ0n) is 10.3. The van der Waals surface area contributed by atoms with Crippen LogP contribution in [0.15, 0.2) is 35.3 Å². The van der Waals surface area contributed by atoms with Crippen molar-refractivity contribution in [2.75, 3.05) is 0 Å². The van der Waals surface area contributed by atoms with Gasteiger partial charge in [-0.1, -0.05) is 30.3 Å². The van der Waals surface area contributed by atoms with E-state index in [4.69, 9.17) is 0 Å². The fraction of sp³-hybridized carbons (Fsp3) is 0.250. The summed E-state index contributed by atoms with van der Waals surface area (Å²) in [5.41, 5.74) is -2.96. The Morgan fingerprint density at radius 3 is 2.40 bits per heavy atom. The molecule has 0 fully saturated rings. The van der Waals surface area contributed by atoms with Crippen molar-refractivity contribution < 1.29 is 22.8 Å². The highest BCUT2D eigenvalue weighted by molar-refractivity contribution is 6.16. The average Bonchev–Trinajstić information content (AvgIpc) is 2.68. The summed E-state index contributed by atoms with van der Waals surface area (Å²) < 4.78 is 39.4. The number of carbonyl (C=O) groups excluding carboxylic acids is 2. The highest BCUT2D eigenvalue weighted by Crippen LogP contribution is 2.35. The van der Waals surface area contributed by atoms with Crippen LogP contribution in [0.2, 0.25) is 0 Å². The first kappa shape index (κ1) is 14.0. The smallest absolute Gasteiger partial charge is 0.317 e. The van der Waals surface area contributed by atoms with Gasteiger partial charge in [-0.25, -0.2) is 4.99 Å². The van der Waals surface area contributed by atoms with E-state index in [-0.39, 0.29) is 5.84 Å². The summed E-state index contributed by atoms with van der Waals surface area (Å²) in [7, 11) is 0. The van der Waals surface area contributed by atoms with Crippen molar-refractivity contribution in [3.05, 3.63) is 35.9 Å². The number of amides is 2. The number of carbonyl (C=O) groups is 2. The summed E-state index contributed by atoms with van der Waals surface area (Å²) >= 11 is 0. The summed E-state index contributed by atoms with van der Waals surface area (Å²) in [4.78, 5) is 26.1. The zero-order chi connectivity index (χ0) is 15.0. The Hall–Kier alpha value is -2.38. The molecule has 106 valence electrons. The van der Waals surface area contributed by atoms with Crippen LogP contribution in [0.25, 0.3) is 0 Å². The molecule has 0 bridgehead atoms.